The van der Waals surface area contributed by atoms with Crippen molar-refractivity contribution in [2.24, 2.45) is 11.0 Å². The van der Waals surface area contributed by atoms with E-state index in [9.17, 15) is 9.90 Å². The summed E-state index contributed by atoms with van der Waals surface area (Å²) >= 11 is 0. The predicted molar refractivity (Wildman–Crippen MR) is 112 cm³/mol. The molecule has 4 rings (SSSR count). The number of benzene rings is 3. The minimum absolute atomic E-state index is 0.0251. The summed E-state index contributed by atoms with van der Waals surface area (Å²) in [6.07, 6.45) is 2.25. The van der Waals surface area contributed by atoms with Crippen LogP contribution in [0.5, 0.6) is 11.5 Å². The van der Waals surface area contributed by atoms with Gasteiger partial charge in [0.2, 0.25) is 5.91 Å². The number of nitrogens with one attached hydrogen (secondary N) is 1. The number of rotatable bonds is 6. The predicted octanol–water partition coefficient (Wildman–Crippen LogP) is 3.86. The number of aromatic hydroxyl groups is 1. The van der Waals surface area contributed by atoms with Crippen LogP contribution in [0.2, 0.25) is 0 Å². The molecule has 0 aromatic heterocycles. The van der Waals surface area contributed by atoms with Gasteiger partial charge in [0.25, 0.3) is 0 Å². The number of phenolic OH excluding ortho intramolecular Hbond substituents is 1. The number of phenols is 1. The SMILES string of the molecule is COc1ccc(/C=N/NC(=O)C2CC2(c2ccccc2)c2ccccc2)cc1O. The normalized spacial score (nSPS) is 17.1. The molecule has 0 heterocycles. The first-order chi connectivity index (χ1) is 14.1. The molecule has 1 aliphatic carbocycles. The highest BCUT2D eigenvalue weighted by molar-refractivity contribution is 5.88. The first-order valence-corrected chi connectivity index (χ1v) is 9.46. The maximum absolute atomic E-state index is 12.8. The Labute approximate surface area is 169 Å². The quantitative estimate of drug-likeness (QED) is 0.499. The van der Waals surface area contributed by atoms with E-state index in [1.807, 2.05) is 36.4 Å². The summed E-state index contributed by atoms with van der Waals surface area (Å²) in [6, 6.07) is 25.2. The Balaban J connectivity index is 1.51. The van der Waals surface area contributed by atoms with Crippen LogP contribution in [0.4, 0.5) is 0 Å². The highest BCUT2D eigenvalue weighted by Crippen LogP contribution is 2.58. The highest BCUT2D eigenvalue weighted by Gasteiger charge is 2.60. The van der Waals surface area contributed by atoms with Crippen molar-refractivity contribution in [3.63, 3.8) is 0 Å². The third kappa shape index (κ3) is 3.59. The molecule has 3 aromatic carbocycles. The van der Waals surface area contributed by atoms with Gasteiger partial charge in [0.15, 0.2) is 11.5 Å². The van der Waals surface area contributed by atoms with Crippen LogP contribution in [0.1, 0.15) is 23.1 Å². The van der Waals surface area contributed by atoms with Gasteiger partial charge in [0.1, 0.15) is 0 Å². The number of hydrazone groups is 1. The standard InChI is InChI=1S/C24H22N2O3/c1-29-22-13-12-17(14-21(22)27)16-25-26-23(28)20-15-24(20,18-8-4-2-5-9-18)19-10-6-3-7-11-19/h2-14,16,20,27H,15H2,1H3,(H,26,28)/b25-16+. The van der Waals surface area contributed by atoms with E-state index in [4.69, 9.17) is 4.74 Å². The minimum Gasteiger partial charge on any atom is -0.504 e. The van der Waals surface area contributed by atoms with Gasteiger partial charge in [0, 0.05) is 5.41 Å². The van der Waals surface area contributed by atoms with Crippen molar-refractivity contribution in [2.45, 2.75) is 11.8 Å². The fourth-order valence-electron chi connectivity index (χ4n) is 3.89. The highest BCUT2D eigenvalue weighted by atomic mass is 16.5. The maximum atomic E-state index is 12.8. The second-order valence-corrected chi connectivity index (χ2v) is 7.13. The molecular formula is C24H22N2O3. The summed E-state index contributed by atoms with van der Waals surface area (Å²) in [5, 5.41) is 13.9. The molecule has 0 radical (unpaired) electrons. The molecule has 3 aromatic rings. The van der Waals surface area contributed by atoms with E-state index in [0.717, 1.165) is 17.5 Å². The minimum atomic E-state index is -0.319. The van der Waals surface area contributed by atoms with Crippen LogP contribution in [0.3, 0.4) is 0 Å². The van der Waals surface area contributed by atoms with Crippen LogP contribution in [-0.2, 0) is 10.2 Å². The third-order valence-electron chi connectivity index (χ3n) is 5.45. The van der Waals surface area contributed by atoms with Crippen molar-refractivity contribution in [2.75, 3.05) is 7.11 Å². The Hall–Kier alpha value is -3.60. The van der Waals surface area contributed by atoms with Crippen LogP contribution in [-0.4, -0.2) is 24.3 Å². The van der Waals surface area contributed by atoms with E-state index in [0.29, 0.717) is 11.3 Å². The number of ether oxygens (including phenoxy) is 1. The van der Waals surface area contributed by atoms with Gasteiger partial charge in [-0.1, -0.05) is 60.7 Å². The molecule has 1 aliphatic rings. The zero-order valence-electron chi connectivity index (χ0n) is 16.1. The van der Waals surface area contributed by atoms with Gasteiger partial charge in [0.05, 0.1) is 19.2 Å². The number of nitrogens with zero attached hydrogens (tertiary/aromatic N) is 1. The van der Waals surface area contributed by atoms with Gasteiger partial charge in [-0.05, 0) is 41.3 Å². The molecule has 146 valence electrons. The van der Waals surface area contributed by atoms with E-state index >= 15 is 0 Å². The third-order valence-corrected chi connectivity index (χ3v) is 5.45. The zero-order valence-corrected chi connectivity index (χ0v) is 16.1. The molecular weight excluding hydrogens is 364 g/mol. The first kappa shape index (κ1) is 18.7. The molecule has 0 bridgehead atoms. The van der Waals surface area contributed by atoms with Crippen molar-refractivity contribution in [1.29, 1.82) is 0 Å². The summed E-state index contributed by atoms with van der Waals surface area (Å²) < 4.78 is 5.03. The number of carbonyl (C=O) groups is 1. The molecule has 5 heteroatoms. The monoisotopic (exact) mass is 386 g/mol. The Morgan fingerprint density at radius 2 is 1.69 bits per heavy atom. The summed E-state index contributed by atoms with van der Waals surface area (Å²) in [7, 11) is 1.49. The lowest BCUT2D eigenvalue weighted by Gasteiger charge is -2.18. The molecule has 2 N–H and O–H groups in total. The molecule has 0 spiro atoms. The van der Waals surface area contributed by atoms with E-state index in [2.05, 4.69) is 34.8 Å². The van der Waals surface area contributed by atoms with Crippen LogP contribution in [0.25, 0.3) is 0 Å². The fourth-order valence-corrected chi connectivity index (χ4v) is 3.89. The first-order valence-electron chi connectivity index (χ1n) is 9.46. The van der Waals surface area contributed by atoms with Crippen LogP contribution in [0, 0.1) is 5.92 Å². The number of hydrogen-bond donors (Lipinski definition) is 2. The van der Waals surface area contributed by atoms with Gasteiger partial charge in [-0.15, -0.1) is 0 Å². The second-order valence-electron chi connectivity index (χ2n) is 7.13. The van der Waals surface area contributed by atoms with Crippen molar-refractivity contribution in [3.05, 3.63) is 95.6 Å². The van der Waals surface area contributed by atoms with Crippen molar-refractivity contribution in [3.8, 4) is 11.5 Å². The lowest BCUT2D eigenvalue weighted by molar-refractivity contribution is -0.122. The Bertz CT molecular complexity index is 993. The molecule has 1 fully saturated rings. The van der Waals surface area contributed by atoms with E-state index < -0.39 is 0 Å². The molecule has 1 amide bonds. The van der Waals surface area contributed by atoms with Crippen LogP contribution < -0.4 is 10.2 Å². The fraction of sp³-hybridized carbons (Fsp3) is 0.167. The maximum Gasteiger partial charge on any atom is 0.244 e. The lowest BCUT2D eigenvalue weighted by atomic mass is 9.85. The molecule has 5 nitrogen and oxygen atoms in total. The Kier molecular flexibility index (Phi) is 5.04. The van der Waals surface area contributed by atoms with Crippen molar-refractivity contribution in [1.82, 2.24) is 5.43 Å². The molecule has 0 aliphatic heterocycles. The number of amides is 1. The van der Waals surface area contributed by atoms with Gasteiger partial charge < -0.3 is 9.84 Å². The van der Waals surface area contributed by atoms with Crippen LogP contribution in [0.15, 0.2) is 84.0 Å². The zero-order chi connectivity index (χ0) is 20.3. The smallest absolute Gasteiger partial charge is 0.244 e. The average molecular weight is 386 g/mol. The summed E-state index contributed by atoms with van der Waals surface area (Å²) in [5.41, 5.74) is 5.27. The van der Waals surface area contributed by atoms with Gasteiger partial charge >= 0.3 is 0 Å². The van der Waals surface area contributed by atoms with Gasteiger partial charge in [-0.3, -0.25) is 4.79 Å². The largest absolute Gasteiger partial charge is 0.504 e. The number of carbonyl (C=O) groups excluding carboxylic acids is 1. The van der Waals surface area contributed by atoms with Crippen molar-refractivity contribution >= 4 is 12.1 Å². The molecule has 1 atom stereocenters. The summed E-state index contributed by atoms with van der Waals surface area (Å²) in [5.74, 6) is 0.109. The van der Waals surface area contributed by atoms with E-state index in [1.165, 1.54) is 19.4 Å². The summed E-state index contributed by atoms with van der Waals surface area (Å²) in [6.45, 7) is 0. The molecule has 1 unspecified atom stereocenters. The lowest BCUT2D eigenvalue weighted by Crippen LogP contribution is -2.25. The second kappa shape index (κ2) is 7.80. The Morgan fingerprint density at radius 3 is 2.24 bits per heavy atom. The Morgan fingerprint density at radius 1 is 1.07 bits per heavy atom. The summed E-state index contributed by atoms with van der Waals surface area (Å²) in [4.78, 5) is 12.8. The number of hydrogen-bond acceptors (Lipinski definition) is 4. The van der Waals surface area contributed by atoms with E-state index in [1.54, 1.807) is 12.1 Å². The molecule has 0 saturated heterocycles. The number of methoxy groups -OCH3 is 1. The van der Waals surface area contributed by atoms with E-state index in [-0.39, 0.29) is 23.0 Å². The molecule has 29 heavy (non-hydrogen) atoms. The molecule has 1 saturated carbocycles. The van der Waals surface area contributed by atoms with Crippen LogP contribution >= 0.6 is 0 Å². The topological polar surface area (TPSA) is 70.9 Å². The van der Waals surface area contributed by atoms with Gasteiger partial charge in [-0.2, -0.15) is 5.10 Å². The van der Waals surface area contributed by atoms with Gasteiger partial charge in [-0.25, -0.2) is 5.43 Å². The van der Waals surface area contributed by atoms with Crippen molar-refractivity contribution < 1.29 is 14.6 Å². The average Bonchev–Trinajstić information content (AvgIpc) is 3.52.